The molecular formula is C22H19N2OS+. The van der Waals surface area contributed by atoms with Gasteiger partial charge >= 0.3 is 5.56 Å². The van der Waals surface area contributed by atoms with Gasteiger partial charge in [0.2, 0.25) is 0 Å². The Labute approximate surface area is 155 Å². The summed E-state index contributed by atoms with van der Waals surface area (Å²) in [5.41, 5.74) is 5.53. The van der Waals surface area contributed by atoms with Gasteiger partial charge in [0.25, 0.3) is 5.65 Å². The molecule has 0 aliphatic rings. The monoisotopic (exact) mass is 359 g/mol. The van der Waals surface area contributed by atoms with Gasteiger partial charge in [-0.25, -0.2) is 9.36 Å². The van der Waals surface area contributed by atoms with Crippen LogP contribution in [-0.2, 0) is 7.05 Å². The molecule has 0 bridgehead atoms. The maximum atomic E-state index is 13.5. The van der Waals surface area contributed by atoms with Crippen LogP contribution in [0, 0.1) is 13.8 Å². The van der Waals surface area contributed by atoms with Crippen LogP contribution < -0.4 is 10.1 Å². The fourth-order valence-electron chi connectivity index (χ4n) is 4.16. The van der Waals surface area contributed by atoms with E-state index >= 15 is 0 Å². The molecule has 2 aromatic heterocycles. The molecular weight excluding hydrogens is 340 g/mol. The molecule has 0 atom stereocenters. The van der Waals surface area contributed by atoms with Crippen LogP contribution in [0.3, 0.4) is 0 Å². The van der Waals surface area contributed by atoms with Gasteiger partial charge in [-0.05, 0) is 66.9 Å². The number of benzene rings is 3. The van der Waals surface area contributed by atoms with Crippen molar-refractivity contribution in [3.05, 3.63) is 63.9 Å². The van der Waals surface area contributed by atoms with Gasteiger partial charge in [-0.15, -0.1) is 11.8 Å². The predicted molar refractivity (Wildman–Crippen MR) is 110 cm³/mol. The molecule has 0 saturated heterocycles. The third kappa shape index (κ3) is 1.80. The number of aryl methyl sites for hydroxylation is 3. The maximum absolute atomic E-state index is 13.5. The third-order valence-corrected chi connectivity index (χ3v) is 6.41. The normalized spacial score (nSPS) is 12.2. The van der Waals surface area contributed by atoms with Gasteiger partial charge in [0.1, 0.15) is 0 Å². The molecule has 0 aliphatic carbocycles. The molecule has 2 heterocycles. The summed E-state index contributed by atoms with van der Waals surface area (Å²) in [6.45, 7) is 4.22. The molecule has 0 unspecified atom stereocenters. The van der Waals surface area contributed by atoms with E-state index in [0.717, 1.165) is 38.2 Å². The average Bonchev–Trinajstić information content (AvgIpc) is 2.92. The highest BCUT2D eigenvalue weighted by atomic mass is 32.2. The lowest BCUT2D eigenvalue weighted by atomic mass is 10.0. The first-order valence-corrected chi connectivity index (χ1v) is 9.92. The molecule has 3 nitrogen and oxygen atoms in total. The minimum atomic E-state index is 0.0604. The number of imidazole rings is 1. The Morgan fingerprint density at radius 1 is 0.962 bits per heavy atom. The molecule has 0 N–H and O–H groups in total. The van der Waals surface area contributed by atoms with Crippen LogP contribution in [0.15, 0.2) is 52.2 Å². The highest BCUT2D eigenvalue weighted by Gasteiger charge is 2.25. The van der Waals surface area contributed by atoms with Crippen molar-refractivity contribution in [3.8, 4) is 0 Å². The van der Waals surface area contributed by atoms with Gasteiger partial charge < -0.3 is 0 Å². The molecule has 3 aromatic carbocycles. The fourth-order valence-corrected chi connectivity index (χ4v) is 4.76. The Morgan fingerprint density at radius 3 is 2.46 bits per heavy atom. The van der Waals surface area contributed by atoms with E-state index in [1.165, 1.54) is 16.0 Å². The minimum Gasteiger partial charge on any atom is -0.240 e. The smallest absolute Gasteiger partial charge is 0.240 e. The predicted octanol–water partition coefficient (Wildman–Crippen LogP) is 4.36. The maximum Gasteiger partial charge on any atom is 0.347 e. The van der Waals surface area contributed by atoms with Crippen molar-refractivity contribution in [1.29, 1.82) is 0 Å². The Hall–Kier alpha value is -2.59. The lowest BCUT2D eigenvalue weighted by molar-refractivity contribution is -0.617. The summed E-state index contributed by atoms with van der Waals surface area (Å²) in [7, 11) is 2.05. The molecule has 0 aliphatic heterocycles. The summed E-state index contributed by atoms with van der Waals surface area (Å²) in [6.07, 6.45) is 2.08. The number of thioether (sulfide) groups is 1. The van der Waals surface area contributed by atoms with E-state index < -0.39 is 0 Å². The van der Waals surface area contributed by atoms with E-state index in [1.807, 2.05) is 10.5 Å². The lowest BCUT2D eigenvalue weighted by Crippen LogP contribution is -2.29. The Bertz CT molecular complexity index is 1420. The largest absolute Gasteiger partial charge is 0.347 e. The quantitative estimate of drug-likeness (QED) is 0.328. The van der Waals surface area contributed by atoms with E-state index in [9.17, 15) is 4.79 Å². The van der Waals surface area contributed by atoms with E-state index in [0.29, 0.717) is 0 Å². The molecule has 0 amide bonds. The summed E-state index contributed by atoms with van der Waals surface area (Å²) >= 11 is 1.72. The van der Waals surface area contributed by atoms with Crippen LogP contribution >= 0.6 is 11.8 Å². The van der Waals surface area contributed by atoms with Crippen molar-refractivity contribution in [3.63, 3.8) is 0 Å². The number of fused-ring (bicyclic) bond motifs is 4. The third-order valence-electron chi connectivity index (χ3n) is 5.62. The molecule has 5 aromatic rings. The molecule has 0 radical (unpaired) electrons. The van der Waals surface area contributed by atoms with Crippen LogP contribution in [0.5, 0.6) is 0 Å². The van der Waals surface area contributed by atoms with Crippen molar-refractivity contribution in [2.75, 3.05) is 6.26 Å². The second-order valence-electron chi connectivity index (χ2n) is 6.99. The van der Waals surface area contributed by atoms with Crippen LogP contribution in [0.1, 0.15) is 11.1 Å². The molecule has 0 spiro atoms. The Morgan fingerprint density at radius 2 is 1.69 bits per heavy atom. The summed E-state index contributed by atoms with van der Waals surface area (Å²) in [4.78, 5) is 14.7. The van der Waals surface area contributed by atoms with Crippen molar-refractivity contribution in [1.82, 2.24) is 4.40 Å². The number of hydrogen-bond acceptors (Lipinski definition) is 2. The second-order valence-corrected chi connectivity index (χ2v) is 7.84. The van der Waals surface area contributed by atoms with Crippen LogP contribution in [0.4, 0.5) is 0 Å². The number of hydrogen-bond donors (Lipinski definition) is 0. The highest BCUT2D eigenvalue weighted by Crippen LogP contribution is 2.34. The van der Waals surface area contributed by atoms with Crippen molar-refractivity contribution >= 4 is 50.0 Å². The fraction of sp³-hybridized carbons (Fsp3) is 0.182. The first kappa shape index (κ1) is 15.6. The van der Waals surface area contributed by atoms with Gasteiger partial charge in [0, 0.05) is 10.3 Å². The molecule has 26 heavy (non-hydrogen) atoms. The zero-order chi connectivity index (χ0) is 18.2. The first-order chi connectivity index (χ1) is 12.5. The molecule has 5 rings (SSSR count). The Balaban J connectivity index is 2.19. The minimum absolute atomic E-state index is 0.0604. The second kappa shape index (κ2) is 5.21. The van der Waals surface area contributed by atoms with E-state index in [-0.39, 0.29) is 5.56 Å². The summed E-state index contributed by atoms with van der Waals surface area (Å²) < 4.78 is 4.04. The van der Waals surface area contributed by atoms with Gasteiger partial charge in [-0.2, -0.15) is 4.40 Å². The molecule has 4 heteroatoms. The van der Waals surface area contributed by atoms with Crippen molar-refractivity contribution < 1.29 is 4.57 Å². The van der Waals surface area contributed by atoms with Crippen molar-refractivity contribution in [2.24, 2.45) is 7.05 Å². The number of rotatable bonds is 1. The average molecular weight is 359 g/mol. The summed E-state index contributed by atoms with van der Waals surface area (Å²) in [5.74, 6) is 0. The van der Waals surface area contributed by atoms with Crippen LogP contribution in [-0.4, -0.2) is 10.7 Å². The van der Waals surface area contributed by atoms with Gasteiger partial charge in [-0.1, -0.05) is 12.1 Å². The lowest BCUT2D eigenvalue weighted by Gasteiger charge is -2.07. The van der Waals surface area contributed by atoms with Crippen LogP contribution in [0.2, 0.25) is 0 Å². The van der Waals surface area contributed by atoms with Crippen LogP contribution in [0.25, 0.3) is 38.2 Å². The summed E-state index contributed by atoms with van der Waals surface area (Å²) in [5, 5.41) is 4.15. The zero-order valence-electron chi connectivity index (χ0n) is 15.3. The van der Waals surface area contributed by atoms with Gasteiger partial charge in [0.05, 0.1) is 17.8 Å². The summed E-state index contributed by atoms with van der Waals surface area (Å²) in [6, 6.07) is 14.7. The number of aromatic nitrogens is 2. The van der Waals surface area contributed by atoms with E-state index in [1.54, 1.807) is 11.8 Å². The number of nitrogens with zero attached hydrogens (tertiary/aromatic N) is 2. The molecule has 0 saturated carbocycles. The molecule has 128 valence electrons. The number of pyridine rings is 1. The standard InChI is InChI=1S/C22H19N2OS/c1-12-10-17-18(11-13(12)2)24-21(23(17)3)15-7-5-6-14-19(26-4)9-8-16(20(14)15)22(24)25/h5-11H,1-4H3/q+1. The Kier molecular flexibility index (Phi) is 3.13. The van der Waals surface area contributed by atoms with E-state index in [4.69, 9.17) is 0 Å². The van der Waals surface area contributed by atoms with Gasteiger partial charge in [-0.3, -0.25) is 0 Å². The SMILES string of the molecule is CSc1ccc2c(=O)n3c4cc(C)c(C)cc4[n+](C)c3c3cccc1c23. The topological polar surface area (TPSA) is 25.4 Å². The van der Waals surface area contributed by atoms with Gasteiger partial charge in [0.15, 0.2) is 11.0 Å². The first-order valence-electron chi connectivity index (χ1n) is 8.69. The highest BCUT2D eigenvalue weighted by molar-refractivity contribution is 7.98. The molecule has 0 fully saturated rings. The zero-order valence-corrected chi connectivity index (χ0v) is 16.1. The van der Waals surface area contributed by atoms with E-state index in [2.05, 4.69) is 68.1 Å². The van der Waals surface area contributed by atoms with Crippen molar-refractivity contribution in [2.45, 2.75) is 18.7 Å².